The summed E-state index contributed by atoms with van der Waals surface area (Å²) < 4.78 is 0. The van der Waals surface area contributed by atoms with Gasteiger partial charge in [-0.2, -0.15) is 0 Å². The minimum atomic E-state index is -1.60. The summed E-state index contributed by atoms with van der Waals surface area (Å²) >= 11 is 0. The SMILES string of the molecule is CC1CC(N)=CCC1(C)NC(=O)/C=C\C(O)O. The van der Waals surface area contributed by atoms with Crippen molar-refractivity contribution >= 4 is 5.91 Å². The Bertz CT molecular complexity index is 350. The third-order valence-electron chi connectivity index (χ3n) is 3.25. The van der Waals surface area contributed by atoms with E-state index in [9.17, 15) is 4.79 Å². The van der Waals surface area contributed by atoms with Crippen LogP contribution in [0.4, 0.5) is 0 Å². The Labute approximate surface area is 101 Å². The molecule has 0 aromatic carbocycles. The van der Waals surface area contributed by atoms with Crippen LogP contribution in [-0.4, -0.2) is 27.9 Å². The minimum Gasteiger partial charge on any atom is -0.402 e. The van der Waals surface area contributed by atoms with Crippen molar-refractivity contribution in [2.45, 2.75) is 38.5 Å². The third kappa shape index (κ3) is 3.87. The Hall–Kier alpha value is -1.33. The van der Waals surface area contributed by atoms with Crippen molar-refractivity contribution in [1.29, 1.82) is 0 Å². The molecule has 1 aliphatic carbocycles. The van der Waals surface area contributed by atoms with Gasteiger partial charge in [-0.1, -0.05) is 13.0 Å². The van der Waals surface area contributed by atoms with Crippen molar-refractivity contribution in [3.05, 3.63) is 23.9 Å². The first-order valence-electron chi connectivity index (χ1n) is 5.64. The zero-order valence-electron chi connectivity index (χ0n) is 10.2. The van der Waals surface area contributed by atoms with Gasteiger partial charge in [0.25, 0.3) is 0 Å². The molecule has 2 unspecified atom stereocenters. The molecule has 96 valence electrons. The van der Waals surface area contributed by atoms with E-state index in [1.165, 1.54) is 0 Å². The lowest BCUT2D eigenvalue weighted by molar-refractivity contribution is -0.119. The van der Waals surface area contributed by atoms with Gasteiger partial charge in [0.15, 0.2) is 6.29 Å². The summed E-state index contributed by atoms with van der Waals surface area (Å²) in [4.78, 5) is 11.6. The fourth-order valence-corrected chi connectivity index (χ4v) is 1.88. The molecule has 5 N–H and O–H groups in total. The van der Waals surface area contributed by atoms with E-state index >= 15 is 0 Å². The van der Waals surface area contributed by atoms with Crippen LogP contribution in [0.25, 0.3) is 0 Å². The number of allylic oxidation sites excluding steroid dienone is 1. The number of amides is 1. The molecule has 0 fully saturated rings. The van der Waals surface area contributed by atoms with Crippen LogP contribution in [-0.2, 0) is 4.79 Å². The van der Waals surface area contributed by atoms with Gasteiger partial charge in [0, 0.05) is 17.3 Å². The van der Waals surface area contributed by atoms with Crippen molar-refractivity contribution in [2.75, 3.05) is 0 Å². The molecular weight excluding hydrogens is 220 g/mol. The van der Waals surface area contributed by atoms with Crippen molar-refractivity contribution < 1.29 is 15.0 Å². The molecule has 17 heavy (non-hydrogen) atoms. The molecule has 0 aliphatic heterocycles. The summed E-state index contributed by atoms with van der Waals surface area (Å²) in [5.74, 6) is -0.0924. The van der Waals surface area contributed by atoms with Gasteiger partial charge in [0.1, 0.15) is 0 Å². The van der Waals surface area contributed by atoms with Crippen LogP contribution < -0.4 is 11.1 Å². The number of aliphatic hydroxyl groups is 2. The molecule has 5 nitrogen and oxygen atoms in total. The lowest BCUT2D eigenvalue weighted by Gasteiger charge is -2.38. The van der Waals surface area contributed by atoms with Gasteiger partial charge in [-0.15, -0.1) is 0 Å². The number of hydrogen-bond donors (Lipinski definition) is 4. The molecular formula is C12H20N2O3. The third-order valence-corrected chi connectivity index (χ3v) is 3.25. The lowest BCUT2D eigenvalue weighted by Crippen LogP contribution is -2.51. The van der Waals surface area contributed by atoms with E-state index in [0.29, 0.717) is 6.42 Å². The quantitative estimate of drug-likeness (QED) is 0.412. The molecule has 0 spiro atoms. The monoisotopic (exact) mass is 240 g/mol. The Morgan fingerprint density at radius 3 is 2.88 bits per heavy atom. The molecule has 1 amide bonds. The van der Waals surface area contributed by atoms with E-state index in [1.807, 2.05) is 19.9 Å². The molecule has 0 aromatic rings. The molecule has 0 radical (unpaired) electrons. The highest BCUT2D eigenvalue weighted by Crippen LogP contribution is 2.30. The van der Waals surface area contributed by atoms with Crippen molar-refractivity contribution in [3.63, 3.8) is 0 Å². The second kappa shape index (κ2) is 5.33. The van der Waals surface area contributed by atoms with Gasteiger partial charge in [0.2, 0.25) is 5.91 Å². The van der Waals surface area contributed by atoms with Gasteiger partial charge in [-0.3, -0.25) is 4.79 Å². The van der Waals surface area contributed by atoms with Crippen molar-refractivity contribution in [1.82, 2.24) is 5.32 Å². The van der Waals surface area contributed by atoms with Crippen LogP contribution in [0.2, 0.25) is 0 Å². The van der Waals surface area contributed by atoms with E-state index < -0.39 is 6.29 Å². The highest BCUT2D eigenvalue weighted by molar-refractivity contribution is 5.88. The number of carbonyl (C=O) groups excluding carboxylic acids is 1. The predicted molar refractivity (Wildman–Crippen MR) is 64.6 cm³/mol. The smallest absolute Gasteiger partial charge is 0.244 e. The van der Waals surface area contributed by atoms with E-state index in [4.69, 9.17) is 15.9 Å². The molecule has 5 heteroatoms. The number of hydrogen-bond acceptors (Lipinski definition) is 4. The highest BCUT2D eigenvalue weighted by Gasteiger charge is 2.34. The summed E-state index contributed by atoms with van der Waals surface area (Å²) in [6, 6.07) is 0. The Balaban J connectivity index is 2.64. The van der Waals surface area contributed by atoms with Gasteiger partial charge >= 0.3 is 0 Å². The molecule has 0 bridgehead atoms. The standard InChI is InChI=1S/C12H20N2O3/c1-8-7-9(13)5-6-12(8,2)14-10(15)3-4-11(16)17/h3-5,8,11,16-17H,6-7,13H2,1-2H3,(H,14,15)/b4-3-. The van der Waals surface area contributed by atoms with Crippen LogP contribution in [0, 0.1) is 5.92 Å². The van der Waals surface area contributed by atoms with Crippen LogP contribution in [0.1, 0.15) is 26.7 Å². The lowest BCUT2D eigenvalue weighted by atomic mass is 9.77. The predicted octanol–water partition coefficient (Wildman–Crippen LogP) is 0.000700. The minimum absolute atomic E-state index is 0.240. The molecule has 0 saturated carbocycles. The Morgan fingerprint density at radius 2 is 2.35 bits per heavy atom. The molecule has 0 heterocycles. The van der Waals surface area contributed by atoms with Gasteiger partial charge in [-0.25, -0.2) is 0 Å². The van der Waals surface area contributed by atoms with Gasteiger partial charge in [-0.05, 0) is 31.8 Å². The van der Waals surface area contributed by atoms with Gasteiger partial charge < -0.3 is 21.3 Å². The number of carbonyl (C=O) groups is 1. The summed E-state index contributed by atoms with van der Waals surface area (Å²) in [6.07, 6.45) is 3.91. The first kappa shape index (κ1) is 13.7. The van der Waals surface area contributed by atoms with E-state index in [0.717, 1.165) is 24.3 Å². The van der Waals surface area contributed by atoms with E-state index in [2.05, 4.69) is 5.32 Å². The number of rotatable bonds is 3. The van der Waals surface area contributed by atoms with Crippen LogP contribution in [0.3, 0.4) is 0 Å². The van der Waals surface area contributed by atoms with Crippen molar-refractivity contribution in [2.24, 2.45) is 11.7 Å². The Kier molecular flexibility index (Phi) is 4.31. The van der Waals surface area contributed by atoms with E-state index in [1.54, 1.807) is 0 Å². The Morgan fingerprint density at radius 1 is 1.71 bits per heavy atom. The molecule has 1 rings (SSSR count). The average molecular weight is 240 g/mol. The summed E-state index contributed by atoms with van der Waals surface area (Å²) in [7, 11) is 0. The normalized spacial score (nSPS) is 29.5. The second-order valence-corrected chi connectivity index (χ2v) is 4.77. The molecule has 1 aliphatic rings. The molecule has 2 atom stereocenters. The zero-order valence-corrected chi connectivity index (χ0v) is 10.2. The summed E-state index contributed by atoms with van der Waals surface area (Å²) in [5.41, 5.74) is 6.25. The summed E-state index contributed by atoms with van der Waals surface area (Å²) in [5, 5.41) is 20.1. The number of nitrogens with one attached hydrogen (secondary N) is 1. The van der Waals surface area contributed by atoms with Crippen molar-refractivity contribution in [3.8, 4) is 0 Å². The van der Waals surface area contributed by atoms with Gasteiger partial charge in [0.05, 0.1) is 0 Å². The van der Waals surface area contributed by atoms with Crippen LogP contribution in [0.5, 0.6) is 0 Å². The number of aliphatic hydroxyl groups excluding tert-OH is 1. The van der Waals surface area contributed by atoms with E-state index in [-0.39, 0.29) is 17.4 Å². The maximum Gasteiger partial charge on any atom is 0.244 e. The fourth-order valence-electron chi connectivity index (χ4n) is 1.88. The number of nitrogens with two attached hydrogens (primary N) is 1. The maximum absolute atomic E-state index is 11.6. The average Bonchev–Trinajstić information content (AvgIpc) is 2.22. The summed E-state index contributed by atoms with van der Waals surface area (Å²) in [6.45, 7) is 3.99. The van der Waals surface area contributed by atoms with Crippen LogP contribution in [0.15, 0.2) is 23.9 Å². The first-order chi connectivity index (χ1) is 7.83. The molecule has 0 saturated heterocycles. The maximum atomic E-state index is 11.6. The fraction of sp³-hybridized carbons (Fsp3) is 0.583. The second-order valence-electron chi connectivity index (χ2n) is 4.77. The van der Waals surface area contributed by atoms with Crippen LogP contribution >= 0.6 is 0 Å². The zero-order chi connectivity index (χ0) is 13.1. The highest BCUT2D eigenvalue weighted by atomic mass is 16.5. The topological polar surface area (TPSA) is 95.6 Å². The molecule has 0 aromatic heterocycles. The largest absolute Gasteiger partial charge is 0.402 e. The first-order valence-corrected chi connectivity index (χ1v) is 5.64.